The highest BCUT2D eigenvalue weighted by atomic mass is 32.2. The molecule has 1 saturated heterocycles. The number of halogens is 1. The number of thioether (sulfide) groups is 1. The summed E-state index contributed by atoms with van der Waals surface area (Å²) in [5.41, 5.74) is 1.69. The number of carbonyl (C=O) groups is 1. The van der Waals surface area contributed by atoms with Crippen LogP contribution in [0.5, 0.6) is 0 Å². The molecule has 0 radical (unpaired) electrons. The number of pyridine rings is 1. The molecule has 0 atom stereocenters. The van der Waals surface area contributed by atoms with Gasteiger partial charge in [0, 0.05) is 25.0 Å². The lowest BCUT2D eigenvalue weighted by atomic mass is 10.2. The van der Waals surface area contributed by atoms with Crippen molar-refractivity contribution >= 4 is 17.7 Å². The molecule has 0 saturated carbocycles. The fourth-order valence-electron chi connectivity index (χ4n) is 2.43. The van der Waals surface area contributed by atoms with E-state index in [0.29, 0.717) is 5.56 Å². The van der Waals surface area contributed by atoms with Crippen molar-refractivity contribution in [1.82, 2.24) is 9.88 Å². The molecule has 0 aliphatic carbocycles. The number of aromatic nitrogens is 1. The van der Waals surface area contributed by atoms with E-state index in [0.717, 1.165) is 42.3 Å². The van der Waals surface area contributed by atoms with Crippen LogP contribution in [0.15, 0.2) is 47.6 Å². The zero-order chi connectivity index (χ0) is 15.4. The summed E-state index contributed by atoms with van der Waals surface area (Å²) in [6, 6.07) is 10.2. The third-order valence-corrected chi connectivity index (χ3v) is 4.69. The Morgan fingerprint density at radius 2 is 1.86 bits per heavy atom. The molecule has 3 rings (SSSR count). The Bertz CT molecular complexity index is 637. The van der Waals surface area contributed by atoms with Gasteiger partial charge in [0.05, 0.1) is 10.6 Å². The maximum Gasteiger partial charge on any atom is 0.255 e. The van der Waals surface area contributed by atoms with Crippen LogP contribution < -0.4 is 0 Å². The van der Waals surface area contributed by atoms with Crippen molar-refractivity contribution in [2.45, 2.75) is 23.6 Å². The highest BCUT2D eigenvalue weighted by molar-refractivity contribution is 7.98. The molecule has 2 aromatic rings. The second-order valence-electron chi connectivity index (χ2n) is 5.30. The summed E-state index contributed by atoms with van der Waals surface area (Å²) in [6.07, 6.45) is 3.82. The number of hydrogen-bond acceptors (Lipinski definition) is 3. The van der Waals surface area contributed by atoms with Crippen molar-refractivity contribution in [1.29, 1.82) is 0 Å². The van der Waals surface area contributed by atoms with Crippen molar-refractivity contribution in [2.24, 2.45) is 0 Å². The number of carbonyl (C=O) groups excluding carboxylic acids is 1. The summed E-state index contributed by atoms with van der Waals surface area (Å²) >= 11 is 1.57. The van der Waals surface area contributed by atoms with Crippen LogP contribution in [-0.2, 0) is 5.75 Å². The smallest absolute Gasteiger partial charge is 0.255 e. The first-order valence-corrected chi connectivity index (χ1v) is 8.33. The first-order chi connectivity index (χ1) is 10.7. The van der Waals surface area contributed by atoms with Crippen LogP contribution in [0.1, 0.15) is 28.8 Å². The molecule has 1 aliphatic rings. The van der Waals surface area contributed by atoms with Crippen LogP contribution >= 0.6 is 11.8 Å². The van der Waals surface area contributed by atoms with E-state index in [1.54, 1.807) is 30.1 Å². The van der Waals surface area contributed by atoms with E-state index in [4.69, 9.17) is 0 Å². The van der Waals surface area contributed by atoms with Gasteiger partial charge in [-0.1, -0.05) is 12.1 Å². The van der Waals surface area contributed by atoms with Gasteiger partial charge < -0.3 is 4.90 Å². The molecule has 5 heteroatoms. The van der Waals surface area contributed by atoms with Gasteiger partial charge in [-0.05, 0) is 42.7 Å². The van der Waals surface area contributed by atoms with Gasteiger partial charge in [0.25, 0.3) is 5.91 Å². The average molecular weight is 316 g/mol. The third kappa shape index (κ3) is 3.65. The molecule has 0 unspecified atom stereocenters. The van der Waals surface area contributed by atoms with Crippen LogP contribution in [0.25, 0.3) is 0 Å². The third-order valence-electron chi connectivity index (χ3n) is 3.68. The first kappa shape index (κ1) is 15.0. The Hall–Kier alpha value is -1.88. The Kier molecular flexibility index (Phi) is 4.73. The number of hydrogen-bond donors (Lipinski definition) is 0. The largest absolute Gasteiger partial charge is 0.339 e. The summed E-state index contributed by atoms with van der Waals surface area (Å²) in [7, 11) is 0. The molecule has 0 bridgehead atoms. The second kappa shape index (κ2) is 6.92. The molecule has 114 valence electrons. The number of likely N-dealkylation sites (tertiary alicyclic amines) is 1. The van der Waals surface area contributed by atoms with Crippen molar-refractivity contribution in [3.63, 3.8) is 0 Å². The lowest BCUT2D eigenvalue weighted by molar-refractivity contribution is 0.0792. The summed E-state index contributed by atoms with van der Waals surface area (Å²) in [6.45, 7) is 1.69. The minimum atomic E-state index is -0.225. The minimum absolute atomic E-state index is 0.0695. The van der Waals surface area contributed by atoms with Crippen LogP contribution in [0, 0.1) is 5.82 Å². The summed E-state index contributed by atoms with van der Waals surface area (Å²) in [4.78, 5) is 18.4. The number of benzene rings is 1. The van der Waals surface area contributed by atoms with Crippen LogP contribution in [-0.4, -0.2) is 28.9 Å². The summed E-state index contributed by atoms with van der Waals surface area (Å²) in [5, 5.41) is 0.863. The number of nitrogens with zero attached hydrogens (tertiary/aromatic N) is 2. The van der Waals surface area contributed by atoms with E-state index in [2.05, 4.69) is 4.98 Å². The van der Waals surface area contributed by atoms with E-state index in [-0.39, 0.29) is 11.7 Å². The van der Waals surface area contributed by atoms with Crippen molar-refractivity contribution < 1.29 is 9.18 Å². The molecule has 22 heavy (non-hydrogen) atoms. The lowest BCUT2D eigenvalue weighted by Crippen LogP contribution is -2.27. The molecular formula is C17H17FN2OS. The van der Waals surface area contributed by atoms with Crippen molar-refractivity contribution in [2.75, 3.05) is 13.1 Å². The SMILES string of the molecule is O=C(c1ccc(SCc2ccc(F)cc2)nc1)N1CCCC1. The zero-order valence-electron chi connectivity index (χ0n) is 12.2. The molecule has 0 spiro atoms. The zero-order valence-corrected chi connectivity index (χ0v) is 13.0. The van der Waals surface area contributed by atoms with Gasteiger partial charge in [-0.2, -0.15) is 0 Å². The highest BCUT2D eigenvalue weighted by Gasteiger charge is 2.19. The molecule has 0 N–H and O–H groups in total. The predicted molar refractivity (Wildman–Crippen MR) is 85.3 cm³/mol. The molecule has 1 aliphatic heterocycles. The maximum atomic E-state index is 12.8. The van der Waals surface area contributed by atoms with Crippen LogP contribution in [0.3, 0.4) is 0 Å². The molecule has 1 amide bonds. The molecular weight excluding hydrogens is 299 g/mol. The van der Waals surface area contributed by atoms with E-state index in [9.17, 15) is 9.18 Å². The normalized spacial score (nSPS) is 14.3. The van der Waals surface area contributed by atoms with Crippen LogP contribution in [0.4, 0.5) is 4.39 Å². The van der Waals surface area contributed by atoms with Gasteiger partial charge in [0.1, 0.15) is 5.82 Å². The van der Waals surface area contributed by atoms with Gasteiger partial charge in [0.2, 0.25) is 0 Å². The van der Waals surface area contributed by atoms with Gasteiger partial charge >= 0.3 is 0 Å². The van der Waals surface area contributed by atoms with Crippen LogP contribution in [0.2, 0.25) is 0 Å². The molecule has 1 fully saturated rings. The Morgan fingerprint density at radius 1 is 1.14 bits per heavy atom. The Morgan fingerprint density at radius 3 is 2.50 bits per heavy atom. The second-order valence-corrected chi connectivity index (χ2v) is 6.30. The Labute approximate surface area is 133 Å². The molecule has 1 aromatic carbocycles. The van der Waals surface area contributed by atoms with Gasteiger partial charge in [-0.15, -0.1) is 11.8 Å². The predicted octanol–water partition coefficient (Wildman–Crippen LogP) is 3.75. The monoisotopic (exact) mass is 316 g/mol. The minimum Gasteiger partial charge on any atom is -0.339 e. The van der Waals surface area contributed by atoms with Gasteiger partial charge in [-0.25, -0.2) is 9.37 Å². The maximum absolute atomic E-state index is 12.8. The molecule has 1 aromatic heterocycles. The Balaban J connectivity index is 1.59. The quantitative estimate of drug-likeness (QED) is 0.806. The van der Waals surface area contributed by atoms with E-state index < -0.39 is 0 Å². The standard InChI is InChI=1S/C17H17FN2OS/c18-15-6-3-13(4-7-15)12-22-16-8-5-14(11-19-16)17(21)20-9-1-2-10-20/h3-8,11H,1-2,9-10,12H2. The fraction of sp³-hybridized carbons (Fsp3) is 0.294. The lowest BCUT2D eigenvalue weighted by Gasteiger charge is -2.14. The van der Waals surface area contributed by atoms with Gasteiger partial charge in [0.15, 0.2) is 0 Å². The highest BCUT2D eigenvalue weighted by Crippen LogP contribution is 2.21. The summed E-state index contributed by atoms with van der Waals surface area (Å²) < 4.78 is 12.8. The number of amides is 1. The first-order valence-electron chi connectivity index (χ1n) is 7.35. The fourth-order valence-corrected chi connectivity index (χ4v) is 3.23. The number of rotatable bonds is 4. The van der Waals surface area contributed by atoms with E-state index in [1.165, 1.54) is 12.1 Å². The van der Waals surface area contributed by atoms with E-state index in [1.807, 2.05) is 17.0 Å². The van der Waals surface area contributed by atoms with E-state index >= 15 is 0 Å². The topological polar surface area (TPSA) is 33.2 Å². The molecule has 2 heterocycles. The van der Waals surface area contributed by atoms with Crippen molar-refractivity contribution in [3.05, 3.63) is 59.5 Å². The summed E-state index contributed by atoms with van der Waals surface area (Å²) in [5.74, 6) is 0.573. The van der Waals surface area contributed by atoms with Gasteiger partial charge in [-0.3, -0.25) is 4.79 Å². The molecule has 3 nitrogen and oxygen atoms in total. The van der Waals surface area contributed by atoms with Crippen molar-refractivity contribution in [3.8, 4) is 0 Å². The average Bonchev–Trinajstić information content (AvgIpc) is 3.09.